The van der Waals surface area contributed by atoms with Crippen molar-refractivity contribution in [2.24, 2.45) is 10.9 Å². The van der Waals surface area contributed by atoms with Gasteiger partial charge in [-0.1, -0.05) is 48.9 Å². The van der Waals surface area contributed by atoms with Crippen LogP contribution in [0.4, 0.5) is 10.1 Å². The Morgan fingerprint density at radius 2 is 1.77 bits per heavy atom. The largest absolute Gasteiger partial charge is 0.378 e. The molecule has 7 rings (SSSR count). The number of halogens is 1. The molecule has 1 aliphatic carbocycles. The van der Waals surface area contributed by atoms with Crippen LogP contribution in [-0.4, -0.2) is 48.9 Å². The molecular formula is C34H36FN3O2. The Morgan fingerprint density at radius 3 is 2.52 bits per heavy atom. The first-order valence-electron chi connectivity index (χ1n) is 14.8. The van der Waals surface area contributed by atoms with E-state index in [1.54, 1.807) is 12.1 Å². The van der Waals surface area contributed by atoms with Gasteiger partial charge in [0, 0.05) is 22.3 Å². The zero-order valence-electron chi connectivity index (χ0n) is 22.8. The number of hydrogen-bond donors (Lipinski definition) is 1. The Labute approximate surface area is 235 Å². The van der Waals surface area contributed by atoms with Gasteiger partial charge in [0.25, 0.3) is 5.91 Å². The first kappa shape index (κ1) is 25.6. The molecule has 1 amide bonds. The van der Waals surface area contributed by atoms with Gasteiger partial charge >= 0.3 is 0 Å². The Balaban J connectivity index is 1.03. The lowest BCUT2D eigenvalue weighted by molar-refractivity contribution is -0.0671. The third kappa shape index (κ3) is 5.11. The van der Waals surface area contributed by atoms with Crippen LogP contribution >= 0.6 is 0 Å². The minimum atomic E-state index is -0.303. The standard InChI is InChI=1S/C34H36FN3O2/c35-30-7-2-1-6-28(30)32(24-12-13-24)37-34(39)26-14-15-31-29(19-26)33(36-31)25-10-8-23(9-11-25)22-5-3-4-17-38(18-16-22)27-20-40-21-27/h1-2,6-11,14-15,19,22,24,27,32H,3-5,12-13,16-18,20-21H2,(H,37,39). The average molecular weight is 538 g/mol. The van der Waals surface area contributed by atoms with Crippen molar-refractivity contribution in [3.63, 3.8) is 0 Å². The predicted molar refractivity (Wildman–Crippen MR) is 155 cm³/mol. The molecule has 0 spiro atoms. The number of ether oxygens (including phenoxy) is 1. The van der Waals surface area contributed by atoms with Gasteiger partial charge in [0.15, 0.2) is 0 Å². The zero-order chi connectivity index (χ0) is 27.1. The van der Waals surface area contributed by atoms with E-state index in [1.807, 2.05) is 24.3 Å². The predicted octanol–water partition coefficient (Wildman–Crippen LogP) is 6.55. The molecule has 3 aromatic carbocycles. The smallest absolute Gasteiger partial charge is 0.251 e. The monoisotopic (exact) mass is 537 g/mol. The van der Waals surface area contributed by atoms with Crippen molar-refractivity contribution in [2.45, 2.75) is 56.5 Å². The van der Waals surface area contributed by atoms with Crippen LogP contribution in [0.15, 0.2) is 71.7 Å². The maximum atomic E-state index is 14.5. The quantitative estimate of drug-likeness (QED) is 0.291. The van der Waals surface area contributed by atoms with Gasteiger partial charge in [0.1, 0.15) is 5.82 Å². The van der Waals surface area contributed by atoms with E-state index in [4.69, 9.17) is 9.73 Å². The molecule has 40 heavy (non-hydrogen) atoms. The molecule has 4 aliphatic rings. The third-order valence-corrected chi connectivity index (χ3v) is 9.17. The minimum absolute atomic E-state index is 0.170. The van der Waals surface area contributed by atoms with Crippen LogP contribution in [0.2, 0.25) is 0 Å². The van der Waals surface area contributed by atoms with Gasteiger partial charge in [-0.05, 0) is 86.9 Å². The molecule has 3 aromatic rings. The molecule has 3 heterocycles. The van der Waals surface area contributed by atoms with Crippen LogP contribution in [0, 0.1) is 11.7 Å². The average Bonchev–Trinajstić information content (AvgIpc) is 3.75. The van der Waals surface area contributed by atoms with Crippen molar-refractivity contribution in [3.8, 4) is 0 Å². The molecule has 0 radical (unpaired) electrons. The summed E-state index contributed by atoms with van der Waals surface area (Å²) in [5, 5.41) is 3.12. The highest BCUT2D eigenvalue weighted by Gasteiger charge is 2.35. The second-order valence-electron chi connectivity index (χ2n) is 11.8. The van der Waals surface area contributed by atoms with Gasteiger partial charge in [-0.3, -0.25) is 9.69 Å². The molecule has 0 aromatic heterocycles. The fourth-order valence-corrected chi connectivity index (χ4v) is 6.47. The summed E-state index contributed by atoms with van der Waals surface area (Å²) in [4.78, 5) is 20.7. The summed E-state index contributed by atoms with van der Waals surface area (Å²) in [7, 11) is 0. The van der Waals surface area contributed by atoms with Crippen LogP contribution in [0.1, 0.15) is 83.1 Å². The highest BCUT2D eigenvalue weighted by Crippen LogP contribution is 2.42. The number of carbonyl (C=O) groups excluding carboxylic acids is 1. The SMILES string of the molecule is O=C(NC(c1ccccc1F)C1CC1)c1ccc2c(c1)C(c1ccc(C3CCCCN(C4COC4)CC3)cc1)=N2. The Kier molecular flexibility index (Phi) is 6.98. The van der Waals surface area contributed by atoms with Gasteiger partial charge in [-0.15, -0.1) is 0 Å². The molecule has 0 bridgehead atoms. The number of fused-ring (bicyclic) bond motifs is 1. The number of likely N-dealkylation sites (tertiary alicyclic amines) is 1. The molecule has 1 saturated carbocycles. The van der Waals surface area contributed by atoms with E-state index in [0.717, 1.165) is 55.1 Å². The lowest BCUT2D eigenvalue weighted by Gasteiger charge is -2.39. The molecular weight excluding hydrogens is 501 g/mol. The second-order valence-corrected chi connectivity index (χ2v) is 11.8. The second kappa shape index (κ2) is 10.9. The topological polar surface area (TPSA) is 53.9 Å². The van der Waals surface area contributed by atoms with Gasteiger partial charge in [0.05, 0.1) is 36.7 Å². The summed E-state index contributed by atoms with van der Waals surface area (Å²) >= 11 is 0. The molecule has 206 valence electrons. The Bertz CT molecular complexity index is 1430. The summed E-state index contributed by atoms with van der Waals surface area (Å²) in [5.74, 6) is 0.435. The first-order chi connectivity index (χ1) is 19.6. The molecule has 2 saturated heterocycles. The van der Waals surface area contributed by atoms with Crippen molar-refractivity contribution in [3.05, 3.63) is 100 Å². The summed E-state index contributed by atoms with van der Waals surface area (Å²) < 4.78 is 20.0. The maximum absolute atomic E-state index is 14.5. The summed E-state index contributed by atoms with van der Waals surface area (Å²) in [6, 6.07) is 21.6. The number of hydrogen-bond acceptors (Lipinski definition) is 4. The minimum Gasteiger partial charge on any atom is -0.378 e. The molecule has 2 atom stereocenters. The van der Waals surface area contributed by atoms with Crippen molar-refractivity contribution in [1.82, 2.24) is 10.2 Å². The highest BCUT2D eigenvalue weighted by atomic mass is 19.1. The normalized spacial score (nSPS) is 22.1. The van der Waals surface area contributed by atoms with E-state index in [9.17, 15) is 9.18 Å². The van der Waals surface area contributed by atoms with Gasteiger partial charge in [-0.2, -0.15) is 0 Å². The molecule has 3 fully saturated rings. The number of amides is 1. The van der Waals surface area contributed by atoms with Gasteiger partial charge in [-0.25, -0.2) is 9.38 Å². The van der Waals surface area contributed by atoms with E-state index >= 15 is 0 Å². The first-order valence-corrected chi connectivity index (χ1v) is 14.8. The maximum Gasteiger partial charge on any atom is 0.251 e. The van der Waals surface area contributed by atoms with E-state index in [0.29, 0.717) is 23.1 Å². The fraction of sp³-hybridized carbons (Fsp3) is 0.412. The fourth-order valence-electron chi connectivity index (χ4n) is 6.47. The summed E-state index contributed by atoms with van der Waals surface area (Å²) in [6.45, 7) is 4.12. The Morgan fingerprint density at radius 1 is 0.950 bits per heavy atom. The number of carbonyl (C=O) groups is 1. The lowest BCUT2D eigenvalue weighted by Crippen LogP contribution is -2.50. The van der Waals surface area contributed by atoms with Crippen molar-refractivity contribution in [1.29, 1.82) is 0 Å². The highest BCUT2D eigenvalue weighted by molar-refractivity contribution is 6.22. The van der Waals surface area contributed by atoms with Crippen LogP contribution in [-0.2, 0) is 4.74 Å². The molecule has 2 unspecified atom stereocenters. The summed E-state index contributed by atoms with van der Waals surface area (Å²) in [5.41, 5.74) is 6.47. The van der Waals surface area contributed by atoms with Crippen LogP contribution < -0.4 is 5.32 Å². The van der Waals surface area contributed by atoms with E-state index in [2.05, 4.69) is 34.5 Å². The number of nitrogens with one attached hydrogen (secondary N) is 1. The number of aliphatic imine (C=N–C) groups is 1. The third-order valence-electron chi connectivity index (χ3n) is 9.17. The number of rotatable bonds is 7. The van der Waals surface area contributed by atoms with Gasteiger partial charge < -0.3 is 10.1 Å². The molecule has 1 N–H and O–H groups in total. The van der Waals surface area contributed by atoms with Crippen LogP contribution in [0.3, 0.4) is 0 Å². The van der Waals surface area contributed by atoms with E-state index in [1.165, 1.54) is 43.9 Å². The van der Waals surface area contributed by atoms with Crippen LogP contribution in [0.25, 0.3) is 0 Å². The van der Waals surface area contributed by atoms with Crippen molar-refractivity contribution in [2.75, 3.05) is 26.3 Å². The molecule has 6 heteroatoms. The van der Waals surface area contributed by atoms with Crippen LogP contribution in [0.5, 0.6) is 0 Å². The lowest BCUT2D eigenvalue weighted by atomic mass is 9.87. The van der Waals surface area contributed by atoms with E-state index in [-0.39, 0.29) is 23.7 Å². The van der Waals surface area contributed by atoms with Gasteiger partial charge in [0.2, 0.25) is 0 Å². The number of nitrogens with zero attached hydrogens (tertiary/aromatic N) is 2. The molecule has 5 nitrogen and oxygen atoms in total. The zero-order valence-corrected chi connectivity index (χ0v) is 22.8. The van der Waals surface area contributed by atoms with Crippen molar-refractivity contribution < 1.29 is 13.9 Å². The van der Waals surface area contributed by atoms with E-state index < -0.39 is 0 Å². The van der Waals surface area contributed by atoms with Crippen molar-refractivity contribution >= 4 is 17.3 Å². The molecule has 3 aliphatic heterocycles. The summed E-state index contributed by atoms with van der Waals surface area (Å²) in [6.07, 6.45) is 6.96. The number of benzene rings is 3. The Hall–Kier alpha value is -3.35.